The Kier molecular flexibility index (Phi) is 5.40. The highest BCUT2D eigenvalue weighted by molar-refractivity contribution is 7.99. The summed E-state index contributed by atoms with van der Waals surface area (Å²) in [5, 5.41) is 11.2. The van der Waals surface area contributed by atoms with Gasteiger partial charge < -0.3 is 4.74 Å². The predicted octanol–water partition coefficient (Wildman–Crippen LogP) is 3.75. The van der Waals surface area contributed by atoms with Crippen LogP contribution < -0.4 is 4.74 Å². The Morgan fingerprint density at radius 2 is 1.83 bits per heavy atom. The van der Waals surface area contributed by atoms with Crippen molar-refractivity contribution in [3.8, 4) is 5.75 Å². The van der Waals surface area contributed by atoms with E-state index in [9.17, 15) is 27.3 Å². The molecular formula is C14H11F2NO5S2. The van der Waals surface area contributed by atoms with Crippen molar-refractivity contribution >= 4 is 27.3 Å². The lowest BCUT2D eigenvalue weighted by atomic mass is 10.3. The Morgan fingerprint density at radius 3 is 2.42 bits per heavy atom. The molecule has 0 atom stereocenters. The summed E-state index contributed by atoms with van der Waals surface area (Å²) in [7, 11) is -3.47. The molecule has 0 heterocycles. The van der Waals surface area contributed by atoms with Gasteiger partial charge in [0.1, 0.15) is 5.75 Å². The van der Waals surface area contributed by atoms with Crippen LogP contribution >= 0.6 is 11.8 Å². The number of rotatable bonds is 6. The molecule has 0 aliphatic rings. The normalized spacial score (nSPS) is 11.5. The summed E-state index contributed by atoms with van der Waals surface area (Å²) < 4.78 is 53.3. The Morgan fingerprint density at radius 1 is 1.17 bits per heavy atom. The van der Waals surface area contributed by atoms with E-state index in [-0.39, 0.29) is 4.90 Å². The zero-order valence-corrected chi connectivity index (χ0v) is 13.8. The van der Waals surface area contributed by atoms with Gasteiger partial charge >= 0.3 is 5.76 Å². The van der Waals surface area contributed by atoms with E-state index in [2.05, 4.69) is 0 Å². The van der Waals surface area contributed by atoms with E-state index in [1.165, 1.54) is 7.11 Å². The Bertz CT molecular complexity index is 871. The molecular weight excluding hydrogens is 364 g/mol. The van der Waals surface area contributed by atoms with Gasteiger partial charge in [0.25, 0.3) is 5.69 Å². The number of benzene rings is 2. The topological polar surface area (TPSA) is 86.5 Å². The summed E-state index contributed by atoms with van der Waals surface area (Å²) in [6, 6.07) is 9.43. The number of methoxy groups -OCH3 is 1. The number of hydrogen-bond donors (Lipinski definition) is 0. The molecule has 24 heavy (non-hydrogen) atoms. The third-order valence-corrected chi connectivity index (χ3v) is 5.48. The van der Waals surface area contributed by atoms with Crippen molar-refractivity contribution in [1.29, 1.82) is 0 Å². The first kappa shape index (κ1) is 18.1. The molecule has 0 saturated heterocycles. The Labute approximate surface area is 140 Å². The molecule has 0 radical (unpaired) electrons. The summed E-state index contributed by atoms with van der Waals surface area (Å²) in [6.45, 7) is 0. The van der Waals surface area contributed by atoms with Gasteiger partial charge in [-0.25, -0.2) is 8.42 Å². The van der Waals surface area contributed by atoms with Gasteiger partial charge in [-0.3, -0.25) is 10.1 Å². The first-order chi connectivity index (χ1) is 11.3. The molecule has 0 fully saturated rings. The zero-order valence-electron chi connectivity index (χ0n) is 12.2. The number of hydrogen-bond acceptors (Lipinski definition) is 6. The summed E-state index contributed by atoms with van der Waals surface area (Å²) in [6.07, 6.45) is 0. The van der Waals surface area contributed by atoms with E-state index in [1.54, 1.807) is 24.3 Å². The molecule has 0 spiro atoms. The second kappa shape index (κ2) is 7.14. The third-order valence-electron chi connectivity index (χ3n) is 2.98. The molecule has 6 nitrogen and oxygen atoms in total. The molecule has 0 aromatic heterocycles. The van der Waals surface area contributed by atoms with Crippen LogP contribution in [-0.4, -0.2) is 26.2 Å². The van der Waals surface area contributed by atoms with Crippen LogP contribution in [0.2, 0.25) is 0 Å². The Hall–Kier alpha value is -2.20. The summed E-state index contributed by atoms with van der Waals surface area (Å²) in [5.41, 5.74) is -0.576. The largest absolute Gasteiger partial charge is 0.496 e. The number of ether oxygens (including phenoxy) is 1. The second-order valence-electron chi connectivity index (χ2n) is 4.45. The van der Waals surface area contributed by atoms with E-state index >= 15 is 0 Å². The second-order valence-corrected chi connectivity index (χ2v) is 7.45. The number of nitro benzene ring substituents is 1. The van der Waals surface area contributed by atoms with Crippen LogP contribution in [-0.2, 0) is 9.84 Å². The van der Waals surface area contributed by atoms with E-state index in [1.807, 2.05) is 0 Å². The van der Waals surface area contributed by atoms with Gasteiger partial charge in [0.15, 0.2) is 0 Å². The van der Waals surface area contributed by atoms with E-state index in [0.29, 0.717) is 16.7 Å². The fraction of sp³-hybridized carbons (Fsp3) is 0.143. The molecule has 0 unspecified atom stereocenters. The van der Waals surface area contributed by atoms with Gasteiger partial charge in [-0.15, -0.1) is 0 Å². The lowest BCUT2D eigenvalue weighted by Gasteiger charge is -2.09. The summed E-state index contributed by atoms with van der Waals surface area (Å²) >= 11 is 0.972. The number of nitro groups is 1. The maximum absolute atomic E-state index is 12.6. The lowest BCUT2D eigenvalue weighted by Crippen LogP contribution is -2.11. The molecule has 0 amide bonds. The average molecular weight is 375 g/mol. The maximum Gasteiger partial charge on any atom is 0.341 e. The molecule has 2 aromatic carbocycles. The highest BCUT2D eigenvalue weighted by atomic mass is 32.2. The number of sulfone groups is 1. The van der Waals surface area contributed by atoms with Crippen molar-refractivity contribution < 1.29 is 26.9 Å². The summed E-state index contributed by atoms with van der Waals surface area (Å²) in [5.74, 6) is -3.18. The van der Waals surface area contributed by atoms with Gasteiger partial charge in [-0.05, 0) is 24.3 Å². The minimum atomic E-state index is -4.91. The fourth-order valence-electron chi connectivity index (χ4n) is 1.83. The Balaban J connectivity index is 2.50. The first-order valence-electron chi connectivity index (χ1n) is 6.38. The molecule has 0 aliphatic heterocycles. The van der Waals surface area contributed by atoms with Crippen LogP contribution in [0.1, 0.15) is 0 Å². The monoisotopic (exact) mass is 375 g/mol. The number of alkyl halides is 2. The first-order valence-corrected chi connectivity index (χ1v) is 8.75. The van der Waals surface area contributed by atoms with Crippen LogP contribution in [0.15, 0.2) is 57.2 Å². The maximum atomic E-state index is 12.6. The van der Waals surface area contributed by atoms with Gasteiger partial charge in [-0.1, -0.05) is 23.9 Å². The minimum Gasteiger partial charge on any atom is -0.496 e. The van der Waals surface area contributed by atoms with Crippen LogP contribution in [0.3, 0.4) is 0 Å². The minimum absolute atomic E-state index is 0.109. The molecule has 10 heteroatoms. The molecule has 0 N–H and O–H groups in total. The number of para-hydroxylation sites is 1. The standard InChI is InChI=1S/C14H11F2NO5S2/c1-22-11-4-2-3-5-13(11)23-12-7-6-9(8-10(12)17(18)19)24(20,21)14(15)16/h2-8,14H,1H3. The SMILES string of the molecule is COc1ccccc1Sc1ccc(S(=O)(=O)C(F)F)cc1[N+](=O)[O-]. The van der Waals surface area contributed by atoms with Gasteiger partial charge in [0, 0.05) is 6.07 Å². The highest BCUT2D eigenvalue weighted by Crippen LogP contribution is 2.40. The molecule has 0 aliphatic carbocycles. The molecule has 2 aromatic rings. The van der Waals surface area contributed by atoms with E-state index < -0.39 is 31.1 Å². The van der Waals surface area contributed by atoms with Crippen LogP contribution in [0.25, 0.3) is 0 Å². The van der Waals surface area contributed by atoms with Crippen molar-refractivity contribution in [2.45, 2.75) is 20.4 Å². The van der Waals surface area contributed by atoms with Crippen molar-refractivity contribution in [1.82, 2.24) is 0 Å². The number of halogens is 2. The van der Waals surface area contributed by atoms with Crippen molar-refractivity contribution in [2.24, 2.45) is 0 Å². The zero-order chi connectivity index (χ0) is 17.9. The highest BCUT2D eigenvalue weighted by Gasteiger charge is 2.29. The molecule has 0 bridgehead atoms. The smallest absolute Gasteiger partial charge is 0.341 e. The van der Waals surface area contributed by atoms with E-state index in [0.717, 1.165) is 23.9 Å². The van der Waals surface area contributed by atoms with Crippen molar-refractivity contribution in [3.63, 3.8) is 0 Å². The lowest BCUT2D eigenvalue weighted by molar-refractivity contribution is -0.388. The average Bonchev–Trinajstić information content (AvgIpc) is 2.55. The fourth-order valence-corrected chi connectivity index (χ4v) is 3.58. The van der Waals surface area contributed by atoms with E-state index in [4.69, 9.17) is 4.74 Å². The summed E-state index contributed by atoms with van der Waals surface area (Å²) in [4.78, 5) is 10.3. The molecule has 0 saturated carbocycles. The van der Waals surface area contributed by atoms with Crippen molar-refractivity contribution in [2.75, 3.05) is 7.11 Å². The van der Waals surface area contributed by atoms with Gasteiger partial charge in [0.2, 0.25) is 9.84 Å². The van der Waals surface area contributed by atoms with Crippen molar-refractivity contribution in [3.05, 3.63) is 52.6 Å². The van der Waals surface area contributed by atoms with Gasteiger partial charge in [0.05, 0.1) is 26.7 Å². The van der Waals surface area contributed by atoms with Crippen LogP contribution in [0, 0.1) is 10.1 Å². The molecule has 128 valence electrons. The number of nitrogens with zero attached hydrogens (tertiary/aromatic N) is 1. The predicted molar refractivity (Wildman–Crippen MR) is 83.4 cm³/mol. The van der Waals surface area contributed by atoms with Crippen LogP contribution in [0.5, 0.6) is 5.75 Å². The third kappa shape index (κ3) is 3.65. The quantitative estimate of drug-likeness (QED) is 0.564. The van der Waals surface area contributed by atoms with Gasteiger partial charge in [-0.2, -0.15) is 8.78 Å². The molecule has 2 rings (SSSR count). The van der Waals surface area contributed by atoms with Crippen LogP contribution in [0.4, 0.5) is 14.5 Å².